The molecule has 0 unspecified atom stereocenters. The van der Waals surface area contributed by atoms with Crippen LogP contribution in [0.4, 0.5) is 0 Å². The van der Waals surface area contributed by atoms with Crippen molar-refractivity contribution < 1.29 is 9.53 Å². The van der Waals surface area contributed by atoms with Gasteiger partial charge in [-0.15, -0.1) is 0 Å². The largest absolute Gasteiger partial charge is 0.423 e. The lowest BCUT2D eigenvalue weighted by atomic mass is 10.00. The molecule has 0 aliphatic heterocycles. The average Bonchev–Trinajstić information content (AvgIpc) is 2.74. The van der Waals surface area contributed by atoms with Crippen LogP contribution in [0.1, 0.15) is 34.0 Å². The van der Waals surface area contributed by atoms with Gasteiger partial charge in [-0.2, -0.15) is 0 Å². The van der Waals surface area contributed by atoms with Crippen LogP contribution in [0.2, 0.25) is 0 Å². The SMILES string of the molecule is CCc1ccc(OC(=O)c2cc(-c3ccc(Br)cc3)nc3c(C)cc(C)cc23)cc1. The number of carbonyl (C=O) groups is 1. The van der Waals surface area contributed by atoms with Gasteiger partial charge in [0.05, 0.1) is 16.8 Å². The second-order valence-electron chi connectivity index (χ2n) is 7.43. The number of rotatable bonds is 4. The number of esters is 1. The van der Waals surface area contributed by atoms with E-state index < -0.39 is 0 Å². The number of hydrogen-bond donors (Lipinski definition) is 0. The molecule has 0 amide bonds. The number of hydrogen-bond acceptors (Lipinski definition) is 3. The van der Waals surface area contributed by atoms with Gasteiger partial charge < -0.3 is 4.74 Å². The first-order valence-electron chi connectivity index (χ1n) is 9.93. The Morgan fingerprint density at radius 1 is 0.967 bits per heavy atom. The molecule has 3 nitrogen and oxygen atoms in total. The molecule has 0 spiro atoms. The molecule has 0 saturated heterocycles. The second kappa shape index (κ2) is 8.41. The Balaban J connectivity index is 1.83. The van der Waals surface area contributed by atoms with E-state index in [4.69, 9.17) is 9.72 Å². The van der Waals surface area contributed by atoms with E-state index in [2.05, 4.69) is 28.9 Å². The topological polar surface area (TPSA) is 39.2 Å². The fraction of sp³-hybridized carbons (Fsp3) is 0.154. The average molecular weight is 460 g/mol. The summed E-state index contributed by atoms with van der Waals surface area (Å²) in [6.07, 6.45) is 0.943. The van der Waals surface area contributed by atoms with Gasteiger partial charge in [0.2, 0.25) is 0 Å². The Morgan fingerprint density at radius 2 is 1.67 bits per heavy atom. The lowest BCUT2D eigenvalue weighted by molar-refractivity contribution is 0.0737. The molecule has 3 aromatic carbocycles. The normalized spacial score (nSPS) is 10.9. The fourth-order valence-corrected chi connectivity index (χ4v) is 3.84. The van der Waals surface area contributed by atoms with Gasteiger partial charge in [-0.3, -0.25) is 0 Å². The molecule has 0 aliphatic rings. The lowest BCUT2D eigenvalue weighted by Gasteiger charge is -2.13. The number of aryl methyl sites for hydroxylation is 3. The zero-order chi connectivity index (χ0) is 21.3. The molecule has 0 aliphatic carbocycles. The molecule has 4 heteroatoms. The maximum atomic E-state index is 13.2. The molecule has 0 saturated carbocycles. The van der Waals surface area contributed by atoms with E-state index >= 15 is 0 Å². The highest BCUT2D eigenvalue weighted by molar-refractivity contribution is 9.10. The van der Waals surface area contributed by atoms with Crippen LogP contribution in [0.3, 0.4) is 0 Å². The smallest absolute Gasteiger partial charge is 0.344 e. The molecule has 1 heterocycles. The van der Waals surface area contributed by atoms with Crippen molar-refractivity contribution >= 4 is 32.8 Å². The van der Waals surface area contributed by atoms with Crippen molar-refractivity contribution in [3.63, 3.8) is 0 Å². The van der Waals surface area contributed by atoms with Crippen LogP contribution >= 0.6 is 15.9 Å². The van der Waals surface area contributed by atoms with E-state index in [1.165, 1.54) is 5.56 Å². The summed E-state index contributed by atoms with van der Waals surface area (Å²) >= 11 is 3.47. The molecule has 4 aromatic rings. The highest BCUT2D eigenvalue weighted by Gasteiger charge is 2.18. The van der Waals surface area contributed by atoms with Gasteiger partial charge >= 0.3 is 5.97 Å². The van der Waals surface area contributed by atoms with Crippen molar-refractivity contribution in [2.75, 3.05) is 0 Å². The number of halogens is 1. The number of pyridine rings is 1. The van der Waals surface area contributed by atoms with Gasteiger partial charge in [0.25, 0.3) is 0 Å². The third-order valence-electron chi connectivity index (χ3n) is 5.15. The van der Waals surface area contributed by atoms with Gasteiger partial charge in [0.15, 0.2) is 0 Å². The first-order valence-corrected chi connectivity index (χ1v) is 10.7. The number of ether oxygens (including phenoxy) is 1. The summed E-state index contributed by atoms with van der Waals surface area (Å²) in [5, 5.41) is 0.809. The molecule has 1 aromatic heterocycles. The number of nitrogens with zero attached hydrogens (tertiary/aromatic N) is 1. The van der Waals surface area contributed by atoms with Gasteiger partial charge in [-0.05, 0) is 67.8 Å². The van der Waals surface area contributed by atoms with Crippen LogP contribution in [0, 0.1) is 13.8 Å². The van der Waals surface area contributed by atoms with Gasteiger partial charge in [-0.1, -0.05) is 58.7 Å². The van der Waals surface area contributed by atoms with Crippen LogP contribution in [0.25, 0.3) is 22.2 Å². The Kier molecular flexibility index (Phi) is 5.69. The van der Waals surface area contributed by atoms with Crippen molar-refractivity contribution in [3.05, 3.63) is 93.5 Å². The molecule has 0 fully saturated rings. The number of benzene rings is 3. The Morgan fingerprint density at radius 3 is 2.33 bits per heavy atom. The van der Waals surface area contributed by atoms with Crippen LogP contribution in [0.5, 0.6) is 5.75 Å². The van der Waals surface area contributed by atoms with Crippen molar-refractivity contribution in [2.24, 2.45) is 0 Å². The zero-order valence-electron chi connectivity index (χ0n) is 17.2. The van der Waals surface area contributed by atoms with E-state index in [9.17, 15) is 4.79 Å². The van der Waals surface area contributed by atoms with E-state index in [1.54, 1.807) is 0 Å². The van der Waals surface area contributed by atoms with E-state index in [1.807, 2.05) is 74.5 Å². The van der Waals surface area contributed by atoms with E-state index in [0.717, 1.165) is 44.2 Å². The summed E-state index contributed by atoms with van der Waals surface area (Å²) in [5.41, 5.74) is 6.34. The minimum Gasteiger partial charge on any atom is -0.423 e. The van der Waals surface area contributed by atoms with Gasteiger partial charge in [0.1, 0.15) is 5.75 Å². The van der Waals surface area contributed by atoms with Crippen LogP contribution in [0.15, 0.2) is 71.2 Å². The highest BCUT2D eigenvalue weighted by Crippen LogP contribution is 2.29. The summed E-state index contributed by atoms with van der Waals surface area (Å²) < 4.78 is 6.72. The minimum atomic E-state index is -0.380. The molecule has 0 atom stereocenters. The molecular weight excluding hydrogens is 438 g/mol. The van der Waals surface area contributed by atoms with Crippen molar-refractivity contribution in [3.8, 4) is 17.0 Å². The molecule has 0 radical (unpaired) electrons. The first kappa shape index (κ1) is 20.3. The molecule has 30 heavy (non-hydrogen) atoms. The predicted octanol–water partition coefficient (Wildman–Crippen LogP) is 7.06. The second-order valence-corrected chi connectivity index (χ2v) is 8.34. The summed E-state index contributed by atoms with van der Waals surface area (Å²) in [7, 11) is 0. The third-order valence-corrected chi connectivity index (χ3v) is 5.68. The highest BCUT2D eigenvalue weighted by atomic mass is 79.9. The van der Waals surface area contributed by atoms with Crippen LogP contribution in [-0.4, -0.2) is 11.0 Å². The summed E-state index contributed by atoms with van der Waals surface area (Å²) in [4.78, 5) is 18.1. The van der Waals surface area contributed by atoms with Crippen molar-refractivity contribution in [2.45, 2.75) is 27.2 Å². The summed E-state index contributed by atoms with van der Waals surface area (Å²) in [5.74, 6) is 0.159. The Labute approximate surface area is 184 Å². The Bertz CT molecular complexity index is 1230. The molecule has 0 N–H and O–H groups in total. The molecule has 4 rings (SSSR count). The standard InChI is InChI=1S/C26H22BrNO2/c1-4-18-5-11-21(12-6-18)30-26(29)23-15-24(19-7-9-20(27)10-8-19)28-25-17(3)13-16(2)14-22(23)25/h5-15H,4H2,1-3H3. The molecule has 0 bridgehead atoms. The van der Waals surface area contributed by atoms with Crippen LogP contribution in [-0.2, 0) is 6.42 Å². The number of carbonyl (C=O) groups excluding carboxylic acids is 1. The first-order chi connectivity index (χ1) is 14.4. The third kappa shape index (κ3) is 4.14. The number of fused-ring (bicyclic) bond motifs is 1. The lowest BCUT2D eigenvalue weighted by Crippen LogP contribution is -2.10. The molecule has 150 valence electrons. The van der Waals surface area contributed by atoms with E-state index in [-0.39, 0.29) is 5.97 Å². The van der Waals surface area contributed by atoms with Gasteiger partial charge in [0, 0.05) is 15.4 Å². The van der Waals surface area contributed by atoms with Crippen molar-refractivity contribution in [1.29, 1.82) is 0 Å². The van der Waals surface area contributed by atoms with Gasteiger partial charge in [-0.25, -0.2) is 9.78 Å². The summed E-state index contributed by atoms with van der Waals surface area (Å²) in [6.45, 7) is 6.14. The predicted molar refractivity (Wildman–Crippen MR) is 125 cm³/mol. The maximum absolute atomic E-state index is 13.2. The minimum absolute atomic E-state index is 0.380. The van der Waals surface area contributed by atoms with Crippen LogP contribution < -0.4 is 4.74 Å². The van der Waals surface area contributed by atoms with Crippen molar-refractivity contribution in [1.82, 2.24) is 4.98 Å². The summed E-state index contributed by atoms with van der Waals surface area (Å²) in [6, 6.07) is 21.5. The molecular formula is C26H22BrNO2. The zero-order valence-corrected chi connectivity index (χ0v) is 18.8. The quantitative estimate of drug-likeness (QED) is 0.242. The number of aromatic nitrogens is 1. The monoisotopic (exact) mass is 459 g/mol. The maximum Gasteiger partial charge on any atom is 0.344 e. The Hall–Kier alpha value is -2.98. The van der Waals surface area contributed by atoms with E-state index in [0.29, 0.717) is 11.3 Å². The fourth-order valence-electron chi connectivity index (χ4n) is 3.57.